The van der Waals surface area contributed by atoms with E-state index in [4.69, 9.17) is 9.98 Å². The van der Waals surface area contributed by atoms with Crippen LogP contribution in [-0.2, 0) is 0 Å². The summed E-state index contributed by atoms with van der Waals surface area (Å²) < 4.78 is 4.33. The number of hydrogen-bond acceptors (Lipinski definition) is 4. The van der Waals surface area contributed by atoms with E-state index >= 15 is 0 Å². The molecule has 1 heterocycles. The fourth-order valence-electron chi connectivity index (χ4n) is 2.30. The normalized spacial score (nSPS) is 12.7. The van der Waals surface area contributed by atoms with Gasteiger partial charge in [-0.15, -0.1) is 22.7 Å². The lowest BCUT2D eigenvalue weighted by Crippen LogP contribution is -2.19. The van der Waals surface area contributed by atoms with Crippen molar-refractivity contribution in [2.24, 2.45) is 9.98 Å². The Morgan fingerprint density at radius 2 is 0.833 bits per heavy atom. The van der Waals surface area contributed by atoms with Crippen molar-refractivity contribution in [2.75, 3.05) is 0 Å². The van der Waals surface area contributed by atoms with Crippen molar-refractivity contribution in [1.29, 1.82) is 0 Å². The molecule has 0 aliphatic carbocycles. The first-order valence-corrected chi connectivity index (χ1v) is 9.24. The standard InChI is InChI=1S/C20H14N2S2/c1-3-9-15(10-4-1)21-19-20(22-16-11-5-2-6-12-16)24-18-14-8-7-13-17(18)23-19/h1-14H. The van der Waals surface area contributed by atoms with Gasteiger partial charge in [-0.1, -0.05) is 48.5 Å². The average Bonchev–Trinajstić information content (AvgIpc) is 2.64. The minimum Gasteiger partial charge on any atom is -0.235 e. The molecule has 0 amide bonds. The number of para-hydroxylation sites is 2. The molecule has 0 radical (unpaired) electrons. The summed E-state index contributed by atoms with van der Waals surface area (Å²) in [6.07, 6.45) is 0. The third-order valence-electron chi connectivity index (χ3n) is 3.42. The number of nitrogens with zero attached hydrogens (tertiary/aromatic N) is 2. The molecule has 0 atom stereocenters. The van der Waals surface area contributed by atoms with E-state index in [0.717, 1.165) is 20.7 Å². The van der Waals surface area contributed by atoms with Crippen LogP contribution in [0, 0.1) is 0 Å². The van der Waals surface area contributed by atoms with E-state index in [-0.39, 0.29) is 0 Å². The van der Waals surface area contributed by atoms with Gasteiger partial charge < -0.3 is 0 Å². The molecule has 0 saturated carbocycles. The molecule has 0 spiro atoms. The van der Waals surface area contributed by atoms with Gasteiger partial charge in [0.2, 0.25) is 0 Å². The summed E-state index contributed by atoms with van der Waals surface area (Å²) in [5.41, 5.74) is 1.89. The Morgan fingerprint density at radius 1 is 0.458 bits per heavy atom. The Kier molecular flexibility index (Phi) is 4.32. The quantitative estimate of drug-likeness (QED) is 0.462. The molecule has 1 aromatic heterocycles. The zero-order chi connectivity index (χ0) is 16.2. The third-order valence-corrected chi connectivity index (χ3v) is 5.79. The molecule has 116 valence electrons. The van der Waals surface area contributed by atoms with E-state index in [1.165, 1.54) is 9.40 Å². The first kappa shape index (κ1) is 15.0. The van der Waals surface area contributed by atoms with Gasteiger partial charge in [0.1, 0.15) is 0 Å². The lowest BCUT2D eigenvalue weighted by molar-refractivity contribution is 1.32. The van der Waals surface area contributed by atoms with Gasteiger partial charge in [-0.2, -0.15) is 0 Å². The molecule has 0 aliphatic heterocycles. The van der Waals surface area contributed by atoms with E-state index < -0.39 is 0 Å². The predicted molar refractivity (Wildman–Crippen MR) is 103 cm³/mol. The highest BCUT2D eigenvalue weighted by atomic mass is 32.1. The maximum Gasteiger partial charge on any atom is 0.153 e. The third kappa shape index (κ3) is 3.35. The molecular weight excluding hydrogens is 332 g/mol. The van der Waals surface area contributed by atoms with Gasteiger partial charge in [0.05, 0.1) is 11.4 Å². The van der Waals surface area contributed by atoms with Gasteiger partial charge in [0, 0.05) is 9.40 Å². The van der Waals surface area contributed by atoms with Crippen LogP contribution in [0.2, 0.25) is 0 Å². The van der Waals surface area contributed by atoms with Crippen molar-refractivity contribution < 1.29 is 0 Å². The highest BCUT2D eigenvalue weighted by molar-refractivity contribution is 7.25. The lowest BCUT2D eigenvalue weighted by Gasteiger charge is -1.98. The molecule has 2 nitrogen and oxygen atoms in total. The fourth-order valence-corrected chi connectivity index (χ4v) is 4.41. The molecule has 0 saturated heterocycles. The Morgan fingerprint density at radius 3 is 1.25 bits per heavy atom. The smallest absolute Gasteiger partial charge is 0.153 e. The summed E-state index contributed by atoms with van der Waals surface area (Å²) in [5, 5.41) is 0. The molecule has 0 fully saturated rings. The maximum atomic E-state index is 4.82. The highest BCUT2D eigenvalue weighted by Gasteiger charge is 1.99. The SMILES string of the molecule is c1ccc(N=c2sc3ccccc3sc2=Nc2ccccc2)cc1. The van der Waals surface area contributed by atoms with Gasteiger partial charge in [-0.3, -0.25) is 0 Å². The van der Waals surface area contributed by atoms with Crippen LogP contribution in [0.25, 0.3) is 9.40 Å². The van der Waals surface area contributed by atoms with E-state index in [2.05, 4.69) is 24.3 Å². The van der Waals surface area contributed by atoms with Crippen LogP contribution >= 0.6 is 22.7 Å². The van der Waals surface area contributed by atoms with Gasteiger partial charge in [-0.05, 0) is 36.4 Å². The zero-order valence-electron chi connectivity index (χ0n) is 12.8. The van der Waals surface area contributed by atoms with Gasteiger partial charge in [-0.25, -0.2) is 9.98 Å². The molecule has 0 unspecified atom stereocenters. The van der Waals surface area contributed by atoms with Crippen LogP contribution in [0.3, 0.4) is 0 Å². The predicted octanol–water partition coefficient (Wildman–Crippen LogP) is 5.43. The van der Waals surface area contributed by atoms with Crippen molar-refractivity contribution >= 4 is 43.4 Å². The Labute approximate surface area is 147 Å². The largest absolute Gasteiger partial charge is 0.235 e. The fraction of sp³-hybridized carbons (Fsp3) is 0. The Hall–Kier alpha value is -2.56. The Balaban J connectivity index is 2.02. The molecule has 3 aromatic carbocycles. The van der Waals surface area contributed by atoms with Crippen LogP contribution < -0.4 is 9.34 Å². The minimum atomic E-state index is 0.939. The van der Waals surface area contributed by atoms with Crippen LogP contribution in [0.5, 0.6) is 0 Å². The monoisotopic (exact) mass is 346 g/mol. The topological polar surface area (TPSA) is 24.7 Å². The molecule has 0 N–H and O–H groups in total. The second kappa shape index (κ2) is 6.91. The maximum absolute atomic E-state index is 4.82. The van der Waals surface area contributed by atoms with E-state index in [1.807, 2.05) is 60.7 Å². The summed E-state index contributed by atoms with van der Waals surface area (Å²) >= 11 is 3.36. The number of fused-ring (bicyclic) bond motifs is 1. The van der Waals surface area contributed by atoms with E-state index in [0.29, 0.717) is 0 Å². The average molecular weight is 346 g/mol. The van der Waals surface area contributed by atoms with Crippen molar-refractivity contribution in [2.45, 2.75) is 0 Å². The lowest BCUT2D eigenvalue weighted by atomic mass is 10.3. The Bertz CT molecular complexity index is 1000. The van der Waals surface area contributed by atoms with Crippen LogP contribution in [0.4, 0.5) is 11.4 Å². The van der Waals surface area contributed by atoms with Crippen LogP contribution in [0.15, 0.2) is 94.9 Å². The van der Waals surface area contributed by atoms with Crippen molar-refractivity contribution in [1.82, 2.24) is 0 Å². The van der Waals surface area contributed by atoms with Crippen LogP contribution in [0.1, 0.15) is 0 Å². The molecule has 0 aliphatic rings. The van der Waals surface area contributed by atoms with E-state index in [9.17, 15) is 0 Å². The van der Waals surface area contributed by atoms with Gasteiger partial charge in [0.25, 0.3) is 0 Å². The zero-order valence-corrected chi connectivity index (χ0v) is 14.4. The molecular formula is C20H14N2S2. The van der Waals surface area contributed by atoms with Gasteiger partial charge in [0.15, 0.2) is 9.34 Å². The van der Waals surface area contributed by atoms with Crippen molar-refractivity contribution in [3.63, 3.8) is 0 Å². The summed E-state index contributed by atoms with van der Waals surface area (Å²) in [7, 11) is 0. The number of hydrogen-bond donors (Lipinski definition) is 0. The molecule has 4 heteroatoms. The second-order valence-electron chi connectivity index (χ2n) is 5.16. The second-order valence-corrected chi connectivity index (χ2v) is 7.22. The number of benzene rings is 3. The van der Waals surface area contributed by atoms with Crippen molar-refractivity contribution in [3.8, 4) is 0 Å². The van der Waals surface area contributed by atoms with Crippen molar-refractivity contribution in [3.05, 3.63) is 94.3 Å². The summed E-state index contributed by atoms with van der Waals surface area (Å²) in [6.45, 7) is 0. The molecule has 4 aromatic rings. The van der Waals surface area contributed by atoms with Crippen LogP contribution in [-0.4, -0.2) is 0 Å². The van der Waals surface area contributed by atoms with Gasteiger partial charge >= 0.3 is 0 Å². The molecule has 0 bridgehead atoms. The number of rotatable bonds is 2. The summed E-state index contributed by atoms with van der Waals surface area (Å²) in [5.74, 6) is 0. The minimum absolute atomic E-state index is 0.939. The highest BCUT2D eigenvalue weighted by Crippen LogP contribution is 2.18. The summed E-state index contributed by atoms with van der Waals surface area (Å²) in [4.78, 5) is 9.65. The molecule has 24 heavy (non-hydrogen) atoms. The first-order valence-electron chi connectivity index (χ1n) is 7.61. The summed E-state index contributed by atoms with van der Waals surface area (Å²) in [6, 6.07) is 28.4. The first-order chi connectivity index (χ1) is 11.9. The van der Waals surface area contributed by atoms with E-state index in [1.54, 1.807) is 22.7 Å². The molecule has 4 rings (SSSR count).